The molecule has 0 atom stereocenters. The second-order valence-electron chi connectivity index (χ2n) is 5.08. The van der Waals surface area contributed by atoms with Gasteiger partial charge >= 0.3 is 0 Å². The maximum absolute atomic E-state index is 12.0. The van der Waals surface area contributed by atoms with E-state index in [1.165, 1.54) is 13.2 Å². The highest BCUT2D eigenvalue weighted by molar-refractivity contribution is 5.76. The molecule has 0 aliphatic rings. The Balaban J connectivity index is 1.82. The van der Waals surface area contributed by atoms with Crippen molar-refractivity contribution >= 4 is 11.0 Å². The van der Waals surface area contributed by atoms with Gasteiger partial charge < -0.3 is 14.3 Å². The van der Waals surface area contributed by atoms with Gasteiger partial charge in [0.2, 0.25) is 0 Å². The topological polar surface area (TPSA) is 59.7 Å². The minimum absolute atomic E-state index is 0.0329. The molecule has 4 heteroatoms. The van der Waals surface area contributed by atoms with Gasteiger partial charge in [-0.15, -0.1) is 0 Å². The monoisotopic (exact) mass is 296 g/mol. The molecule has 1 aromatic heterocycles. The first kappa shape index (κ1) is 14.2. The highest BCUT2D eigenvalue weighted by Crippen LogP contribution is 2.26. The van der Waals surface area contributed by atoms with Crippen molar-refractivity contribution in [3.8, 4) is 11.5 Å². The summed E-state index contributed by atoms with van der Waals surface area (Å²) in [4.78, 5) is 12.0. The molecule has 0 saturated carbocycles. The minimum Gasteiger partial charge on any atom is -0.504 e. The highest BCUT2D eigenvalue weighted by Gasteiger charge is 2.06. The van der Waals surface area contributed by atoms with Crippen LogP contribution in [0.2, 0.25) is 0 Å². The van der Waals surface area contributed by atoms with Crippen LogP contribution in [0.15, 0.2) is 57.7 Å². The summed E-state index contributed by atoms with van der Waals surface area (Å²) in [6.45, 7) is 0. The zero-order valence-electron chi connectivity index (χ0n) is 12.2. The van der Waals surface area contributed by atoms with E-state index in [1.807, 2.05) is 18.2 Å². The van der Waals surface area contributed by atoms with E-state index < -0.39 is 0 Å². The summed E-state index contributed by atoms with van der Waals surface area (Å²) in [6.07, 6.45) is 1.25. The van der Waals surface area contributed by atoms with Gasteiger partial charge in [0.25, 0.3) is 0 Å². The third kappa shape index (κ3) is 2.81. The van der Waals surface area contributed by atoms with E-state index >= 15 is 0 Å². The number of phenolic OH excluding ortho intramolecular Hbond substituents is 1. The predicted octanol–water partition coefficient (Wildman–Crippen LogP) is 3.29. The van der Waals surface area contributed by atoms with Crippen molar-refractivity contribution in [1.29, 1.82) is 0 Å². The molecule has 2 aromatic carbocycles. The Morgan fingerprint density at radius 1 is 1.09 bits per heavy atom. The Kier molecular flexibility index (Phi) is 3.83. The van der Waals surface area contributed by atoms with Crippen molar-refractivity contribution in [3.63, 3.8) is 0 Å². The van der Waals surface area contributed by atoms with E-state index in [9.17, 15) is 9.90 Å². The third-order valence-corrected chi connectivity index (χ3v) is 3.59. The first-order valence-corrected chi connectivity index (χ1v) is 7.05. The van der Waals surface area contributed by atoms with Gasteiger partial charge in [0.1, 0.15) is 11.3 Å². The van der Waals surface area contributed by atoms with Gasteiger partial charge in [-0.3, -0.25) is 4.79 Å². The van der Waals surface area contributed by atoms with Crippen LogP contribution in [0, 0.1) is 0 Å². The van der Waals surface area contributed by atoms with Crippen molar-refractivity contribution in [3.05, 3.63) is 70.1 Å². The van der Waals surface area contributed by atoms with Crippen molar-refractivity contribution in [2.75, 3.05) is 7.11 Å². The number of rotatable bonds is 4. The van der Waals surface area contributed by atoms with Crippen molar-refractivity contribution < 1.29 is 14.3 Å². The van der Waals surface area contributed by atoms with E-state index in [2.05, 4.69) is 0 Å². The van der Waals surface area contributed by atoms with E-state index in [0.717, 1.165) is 5.56 Å². The number of ether oxygens (including phenoxy) is 1. The lowest BCUT2D eigenvalue weighted by molar-refractivity contribution is 0.373. The largest absolute Gasteiger partial charge is 0.504 e. The number of methoxy groups -OCH3 is 1. The zero-order chi connectivity index (χ0) is 15.5. The van der Waals surface area contributed by atoms with Crippen LogP contribution in [-0.2, 0) is 12.8 Å². The van der Waals surface area contributed by atoms with Crippen LogP contribution in [0.5, 0.6) is 11.5 Å². The predicted molar refractivity (Wildman–Crippen MR) is 84.6 cm³/mol. The molecular weight excluding hydrogens is 280 g/mol. The summed E-state index contributed by atoms with van der Waals surface area (Å²) in [5.74, 6) is 1.19. The first-order valence-electron chi connectivity index (χ1n) is 7.05. The quantitative estimate of drug-likeness (QED) is 0.802. The van der Waals surface area contributed by atoms with Crippen LogP contribution in [0.25, 0.3) is 11.0 Å². The van der Waals surface area contributed by atoms with Crippen LogP contribution in [0.3, 0.4) is 0 Å². The molecule has 3 aromatic rings. The molecule has 0 unspecified atom stereocenters. The highest BCUT2D eigenvalue weighted by atomic mass is 16.5. The Morgan fingerprint density at radius 3 is 2.68 bits per heavy atom. The molecule has 0 aliphatic carbocycles. The molecule has 1 N–H and O–H groups in total. The van der Waals surface area contributed by atoms with Crippen LogP contribution in [-0.4, -0.2) is 12.2 Å². The lowest BCUT2D eigenvalue weighted by atomic mass is 10.1. The summed E-state index contributed by atoms with van der Waals surface area (Å²) in [6, 6.07) is 14.0. The second-order valence-corrected chi connectivity index (χ2v) is 5.08. The number of phenols is 1. The molecule has 0 aliphatic heterocycles. The minimum atomic E-state index is -0.0329. The molecule has 4 nitrogen and oxygen atoms in total. The number of aromatic hydroxyl groups is 1. The van der Waals surface area contributed by atoms with Crippen LogP contribution in [0.4, 0.5) is 0 Å². The third-order valence-electron chi connectivity index (χ3n) is 3.59. The molecule has 112 valence electrons. The molecular formula is C18H16O4. The summed E-state index contributed by atoms with van der Waals surface area (Å²) in [7, 11) is 1.51. The Hall–Kier alpha value is -2.75. The van der Waals surface area contributed by atoms with Gasteiger partial charge in [0, 0.05) is 12.5 Å². The molecule has 0 bridgehead atoms. The fourth-order valence-electron chi connectivity index (χ4n) is 2.44. The maximum atomic E-state index is 12.0. The van der Waals surface area contributed by atoms with Crippen molar-refractivity contribution in [2.24, 2.45) is 0 Å². The van der Waals surface area contributed by atoms with Gasteiger partial charge in [-0.25, -0.2) is 0 Å². The fraction of sp³-hybridized carbons (Fsp3) is 0.167. The van der Waals surface area contributed by atoms with Crippen LogP contribution >= 0.6 is 0 Å². The zero-order valence-corrected chi connectivity index (χ0v) is 12.2. The molecule has 0 fully saturated rings. The summed E-state index contributed by atoms with van der Waals surface area (Å²) in [5, 5.41) is 10.4. The normalized spacial score (nSPS) is 10.8. The van der Waals surface area contributed by atoms with Gasteiger partial charge in [-0.05, 0) is 36.2 Å². The summed E-state index contributed by atoms with van der Waals surface area (Å²) < 4.78 is 10.8. The Labute approximate surface area is 127 Å². The van der Waals surface area contributed by atoms with E-state index in [-0.39, 0.29) is 11.2 Å². The van der Waals surface area contributed by atoms with Gasteiger partial charge in [-0.2, -0.15) is 0 Å². The molecule has 3 rings (SSSR count). The average molecular weight is 296 g/mol. The Morgan fingerprint density at radius 2 is 1.91 bits per heavy atom. The molecule has 0 amide bonds. The standard InChI is InChI=1S/C18H16O4/c1-21-18-9-7-12(10-16(18)20)6-8-13-11-15(19)14-4-2-3-5-17(14)22-13/h2-5,7,9-11,20H,6,8H2,1H3. The number of para-hydroxylation sites is 1. The lowest BCUT2D eigenvalue weighted by Crippen LogP contribution is -2.03. The van der Waals surface area contributed by atoms with Crippen LogP contribution in [0.1, 0.15) is 11.3 Å². The first-order chi connectivity index (χ1) is 10.7. The Bertz CT molecular complexity index is 864. The number of benzene rings is 2. The SMILES string of the molecule is COc1ccc(CCc2cc(=O)c3ccccc3o2)cc1O. The molecule has 22 heavy (non-hydrogen) atoms. The number of fused-ring (bicyclic) bond motifs is 1. The smallest absolute Gasteiger partial charge is 0.192 e. The summed E-state index contributed by atoms with van der Waals surface area (Å²) >= 11 is 0. The molecule has 0 saturated heterocycles. The lowest BCUT2D eigenvalue weighted by Gasteiger charge is -2.06. The molecule has 0 radical (unpaired) electrons. The molecule has 1 heterocycles. The van der Waals surface area contributed by atoms with Crippen molar-refractivity contribution in [2.45, 2.75) is 12.8 Å². The van der Waals surface area contributed by atoms with Gasteiger partial charge in [-0.1, -0.05) is 18.2 Å². The molecule has 0 spiro atoms. The van der Waals surface area contributed by atoms with Crippen LogP contribution < -0.4 is 10.2 Å². The van der Waals surface area contributed by atoms with E-state index in [1.54, 1.807) is 24.3 Å². The fourth-order valence-corrected chi connectivity index (χ4v) is 2.44. The maximum Gasteiger partial charge on any atom is 0.192 e. The average Bonchev–Trinajstić information content (AvgIpc) is 2.53. The van der Waals surface area contributed by atoms with Gasteiger partial charge in [0.15, 0.2) is 16.9 Å². The summed E-state index contributed by atoms with van der Waals surface area (Å²) in [5.41, 5.74) is 1.52. The second kappa shape index (κ2) is 5.93. The number of aryl methyl sites for hydroxylation is 2. The van der Waals surface area contributed by atoms with E-state index in [0.29, 0.717) is 35.3 Å². The van der Waals surface area contributed by atoms with Gasteiger partial charge in [0.05, 0.1) is 12.5 Å². The van der Waals surface area contributed by atoms with E-state index in [4.69, 9.17) is 9.15 Å². The number of hydrogen-bond donors (Lipinski definition) is 1. The number of hydrogen-bond acceptors (Lipinski definition) is 4. The van der Waals surface area contributed by atoms with Crippen molar-refractivity contribution in [1.82, 2.24) is 0 Å².